The minimum atomic E-state index is 0.559. The number of fused-ring (bicyclic) bond motifs is 1. The molecule has 0 spiro atoms. The van der Waals surface area contributed by atoms with E-state index in [1.54, 1.807) is 7.11 Å². The van der Waals surface area contributed by atoms with Crippen LogP contribution in [0.5, 0.6) is 0 Å². The van der Waals surface area contributed by atoms with Crippen molar-refractivity contribution in [1.29, 1.82) is 0 Å². The Morgan fingerprint density at radius 3 is 2.74 bits per heavy atom. The summed E-state index contributed by atoms with van der Waals surface area (Å²) in [5.74, 6) is 0.642. The topological polar surface area (TPSA) is 35.3 Å². The number of ether oxygens (including phenoxy) is 1. The molecule has 0 fully saturated rings. The van der Waals surface area contributed by atoms with Crippen LogP contribution >= 0.6 is 23.2 Å². The smallest absolute Gasteiger partial charge is 0.199 e. The summed E-state index contributed by atoms with van der Waals surface area (Å²) in [6.45, 7) is 0.703. The summed E-state index contributed by atoms with van der Waals surface area (Å²) >= 11 is 12.4. The minimum Gasteiger partial charge on any atom is -0.440 e. The van der Waals surface area contributed by atoms with E-state index in [9.17, 15) is 0 Å². The summed E-state index contributed by atoms with van der Waals surface area (Å²) in [7, 11) is 1.70. The molecule has 0 aliphatic heterocycles. The van der Waals surface area contributed by atoms with Crippen LogP contribution < -0.4 is 0 Å². The van der Waals surface area contributed by atoms with E-state index in [0.29, 0.717) is 29.0 Å². The highest BCUT2D eigenvalue weighted by Gasteiger charge is 2.13. The van der Waals surface area contributed by atoms with E-state index in [-0.39, 0.29) is 0 Å². The van der Waals surface area contributed by atoms with Crippen molar-refractivity contribution in [3.05, 3.63) is 63.5 Å². The van der Waals surface area contributed by atoms with Crippen LogP contribution in [0.2, 0.25) is 10.0 Å². The Balaban J connectivity index is 1.91. The highest BCUT2D eigenvalue weighted by Crippen LogP contribution is 2.27. The number of hydrogen-bond donors (Lipinski definition) is 0. The molecule has 0 saturated heterocycles. The number of aromatic nitrogens is 1. The van der Waals surface area contributed by atoms with Gasteiger partial charge in [-0.1, -0.05) is 41.4 Å². The molecule has 0 aliphatic rings. The maximum Gasteiger partial charge on any atom is 0.199 e. The van der Waals surface area contributed by atoms with Gasteiger partial charge in [0.15, 0.2) is 11.5 Å². The molecule has 5 heteroatoms. The number of halogens is 2. The lowest BCUT2D eigenvalue weighted by Gasteiger charge is -2.02. The van der Waals surface area contributed by atoms with Gasteiger partial charge >= 0.3 is 0 Å². The highest BCUT2D eigenvalue weighted by atomic mass is 35.5. The molecule has 0 amide bonds. The van der Waals surface area contributed by atoms with Gasteiger partial charge in [-0.3, -0.25) is 0 Å². The van der Waals surface area contributed by atoms with Crippen molar-refractivity contribution < 1.29 is 9.15 Å². The molecule has 0 radical (unpaired) electrons. The van der Waals surface area contributed by atoms with Crippen molar-refractivity contribution in [2.75, 3.05) is 13.7 Å². The number of methoxy groups -OCH3 is 1. The largest absolute Gasteiger partial charge is 0.440 e. The second-order valence-electron chi connectivity index (χ2n) is 5.39. The molecule has 3 aromatic rings. The maximum atomic E-state index is 6.21. The van der Waals surface area contributed by atoms with Gasteiger partial charge < -0.3 is 9.15 Å². The van der Waals surface area contributed by atoms with Crippen molar-refractivity contribution in [3.63, 3.8) is 0 Å². The van der Waals surface area contributed by atoms with Crippen LogP contribution in [0.1, 0.15) is 23.4 Å². The van der Waals surface area contributed by atoms with E-state index >= 15 is 0 Å². The average Bonchev–Trinajstić information content (AvgIpc) is 2.92. The summed E-state index contributed by atoms with van der Waals surface area (Å²) in [5, 5.41) is 1.38. The fourth-order valence-corrected chi connectivity index (χ4v) is 3.02. The van der Waals surface area contributed by atoms with Gasteiger partial charge in [0.25, 0.3) is 0 Å². The number of benzene rings is 2. The van der Waals surface area contributed by atoms with E-state index in [0.717, 1.165) is 35.1 Å². The van der Waals surface area contributed by atoms with Crippen LogP contribution in [0.25, 0.3) is 11.1 Å². The quantitative estimate of drug-likeness (QED) is 0.566. The number of aryl methyl sites for hydroxylation is 1. The first-order valence-electron chi connectivity index (χ1n) is 7.47. The van der Waals surface area contributed by atoms with Crippen LogP contribution in [0.15, 0.2) is 40.8 Å². The third-order valence-electron chi connectivity index (χ3n) is 3.67. The molecule has 1 aromatic heterocycles. The molecule has 23 heavy (non-hydrogen) atoms. The summed E-state index contributed by atoms with van der Waals surface area (Å²) in [6, 6.07) is 11.5. The first kappa shape index (κ1) is 16.3. The Hall–Kier alpha value is -1.55. The molecule has 3 rings (SSSR count). The second kappa shape index (κ2) is 7.35. The van der Waals surface area contributed by atoms with Gasteiger partial charge in [0.05, 0.1) is 6.42 Å². The molecule has 0 saturated carbocycles. The van der Waals surface area contributed by atoms with Gasteiger partial charge in [0, 0.05) is 23.8 Å². The SMILES string of the molecule is COCCCc1cc(Cl)cc2nc(Cc3ccccc3Cl)oc12. The van der Waals surface area contributed by atoms with Crippen molar-refractivity contribution >= 4 is 34.3 Å². The van der Waals surface area contributed by atoms with Gasteiger partial charge in [0.2, 0.25) is 0 Å². The van der Waals surface area contributed by atoms with E-state index in [1.165, 1.54) is 0 Å². The van der Waals surface area contributed by atoms with Gasteiger partial charge in [-0.25, -0.2) is 4.98 Å². The molecule has 0 atom stereocenters. The van der Waals surface area contributed by atoms with E-state index < -0.39 is 0 Å². The van der Waals surface area contributed by atoms with Gasteiger partial charge in [-0.05, 0) is 42.2 Å². The van der Waals surface area contributed by atoms with Crippen molar-refractivity contribution in [3.8, 4) is 0 Å². The first-order chi connectivity index (χ1) is 11.2. The monoisotopic (exact) mass is 349 g/mol. The summed E-state index contributed by atoms with van der Waals surface area (Å²) in [5.41, 5.74) is 3.63. The van der Waals surface area contributed by atoms with Crippen LogP contribution in [0, 0.1) is 0 Å². The molecule has 0 bridgehead atoms. The molecule has 2 aromatic carbocycles. The minimum absolute atomic E-state index is 0.559. The number of rotatable bonds is 6. The lowest BCUT2D eigenvalue weighted by atomic mass is 10.1. The fraction of sp³-hybridized carbons (Fsp3) is 0.278. The maximum absolute atomic E-state index is 6.21. The van der Waals surface area contributed by atoms with Crippen molar-refractivity contribution in [1.82, 2.24) is 4.98 Å². The van der Waals surface area contributed by atoms with Crippen LogP contribution in [0.3, 0.4) is 0 Å². The Bertz CT molecular complexity index is 814. The Labute approximate surface area is 145 Å². The zero-order chi connectivity index (χ0) is 16.2. The number of nitrogens with zero attached hydrogens (tertiary/aromatic N) is 1. The van der Waals surface area contributed by atoms with Gasteiger partial charge in [-0.2, -0.15) is 0 Å². The third kappa shape index (κ3) is 3.86. The molecule has 0 N–H and O–H groups in total. The van der Waals surface area contributed by atoms with Crippen LogP contribution in [-0.4, -0.2) is 18.7 Å². The molecule has 3 nitrogen and oxygen atoms in total. The van der Waals surface area contributed by atoms with E-state index in [1.807, 2.05) is 36.4 Å². The second-order valence-corrected chi connectivity index (χ2v) is 6.23. The standard InChI is InChI=1S/C18H17Cl2NO2/c1-22-8-4-6-13-9-14(19)11-16-18(13)23-17(21-16)10-12-5-2-3-7-15(12)20/h2-3,5,7,9,11H,4,6,8,10H2,1H3. The lowest BCUT2D eigenvalue weighted by Crippen LogP contribution is -1.93. The predicted octanol–water partition coefficient (Wildman–Crippen LogP) is 5.30. The van der Waals surface area contributed by atoms with E-state index in [2.05, 4.69) is 4.98 Å². The molecular weight excluding hydrogens is 333 g/mol. The number of oxazole rings is 1. The first-order valence-corrected chi connectivity index (χ1v) is 8.23. The summed E-state index contributed by atoms with van der Waals surface area (Å²) < 4.78 is 11.1. The van der Waals surface area contributed by atoms with Gasteiger partial charge in [0.1, 0.15) is 5.52 Å². The summed E-state index contributed by atoms with van der Waals surface area (Å²) in [6.07, 6.45) is 2.31. The number of hydrogen-bond acceptors (Lipinski definition) is 3. The van der Waals surface area contributed by atoms with Crippen molar-refractivity contribution in [2.24, 2.45) is 0 Å². The molecule has 120 valence electrons. The van der Waals surface area contributed by atoms with Gasteiger partial charge in [-0.15, -0.1) is 0 Å². The van der Waals surface area contributed by atoms with Crippen LogP contribution in [0.4, 0.5) is 0 Å². The fourth-order valence-electron chi connectivity index (χ4n) is 2.58. The van der Waals surface area contributed by atoms with Crippen molar-refractivity contribution in [2.45, 2.75) is 19.3 Å². The molecule has 0 unspecified atom stereocenters. The normalized spacial score (nSPS) is 11.3. The average molecular weight is 350 g/mol. The molecule has 1 heterocycles. The zero-order valence-electron chi connectivity index (χ0n) is 12.8. The lowest BCUT2D eigenvalue weighted by molar-refractivity contribution is 0.195. The van der Waals surface area contributed by atoms with Crippen LogP contribution in [-0.2, 0) is 17.6 Å². The third-order valence-corrected chi connectivity index (χ3v) is 4.26. The van der Waals surface area contributed by atoms with E-state index in [4.69, 9.17) is 32.4 Å². The zero-order valence-corrected chi connectivity index (χ0v) is 14.3. The molecular formula is C18H17Cl2NO2. The highest BCUT2D eigenvalue weighted by molar-refractivity contribution is 6.31. The summed E-state index contributed by atoms with van der Waals surface area (Å²) in [4.78, 5) is 4.56. The predicted molar refractivity (Wildman–Crippen MR) is 93.5 cm³/mol. The molecule has 0 aliphatic carbocycles. The Morgan fingerprint density at radius 2 is 1.96 bits per heavy atom. The Morgan fingerprint density at radius 1 is 1.13 bits per heavy atom. The Kier molecular flexibility index (Phi) is 5.21.